The van der Waals surface area contributed by atoms with Crippen LogP contribution in [0, 0.1) is 6.92 Å². The molecule has 1 nitrogen and oxygen atoms in total. The number of aryl methyl sites for hydroxylation is 1. The summed E-state index contributed by atoms with van der Waals surface area (Å²) in [6.07, 6.45) is 0. The topological polar surface area (TPSA) is 12.0 Å². The monoisotopic (exact) mass is 425 g/mol. The van der Waals surface area contributed by atoms with Crippen molar-refractivity contribution in [3.05, 3.63) is 120 Å². The smallest absolute Gasteiger partial charge is 0.0470 e. The van der Waals surface area contributed by atoms with Gasteiger partial charge >= 0.3 is 0 Å². The second-order valence-corrected chi connectivity index (χ2v) is 9.62. The Kier molecular flexibility index (Phi) is 4.41. The van der Waals surface area contributed by atoms with Crippen molar-refractivity contribution in [3.8, 4) is 22.3 Å². The SMILES string of the molecule is Cc1cccc2c1-c1ccc(Nc3cc4ccccc4cc3-c3ccccc3)cc1C2(C)C. The fourth-order valence-corrected chi connectivity index (χ4v) is 5.40. The summed E-state index contributed by atoms with van der Waals surface area (Å²) in [5.74, 6) is 0. The van der Waals surface area contributed by atoms with E-state index in [-0.39, 0.29) is 5.41 Å². The number of hydrogen-bond donors (Lipinski definition) is 1. The van der Waals surface area contributed by atoms with Gasteiger partial charge in [-0.05, 0) is 75.3 Å². The molecule has 33 heavy (non-hydrogen) atoms. The molecule has 0 heterocycles. The molecule has 5 aromatic carbocycles. The Labute approximate surface area is 195 Å². The minimum Gasteiger partial charge on any atom is -0.355 e. The number of fused-ring (bicyclic) bond motifs is 4. The molecule has 0 spiro atoms. The number of hydrogen-bond acceptors (Lipinski definition) is 1. The Balaban J connectivity index is 1.48. The molecule has 0 fully saturated rings. The van der Waals surface area contributed by atoms with Crippen molar-refractivity contribution in [3.63, 3.8) is 0 Å². The van der Waals surface area contributed by atoms with E-state index in [2.05, 4.69) is 129 Å². The molecule has 1 aliphatic carbocycles. The van der Waals surface area contributed by atoms with Crippen LogP contribution in [0.5, 0.6) is 0 Å². The van der Waals surface area contributed by atoms with Crippen LogP contribution in [0.2, 0.25) is 0 Å². The van der Waals surface area contributed by atoms with Crippen molar-refractivity contribution in [1.29, 1.82) is 0 Å². The van der Waals surface area contributed by atoms with Crippen molar-refractivity contribution in [2.24, 2.45) is 0 Å². The first-order valence-corrected chi connectivity index (χ1v) is 11.6. The molecule has 1 aliphatic rings. The molecule has 0 saturated heterocycles. The summed E-state index contributed by atoms with van der Waals surface area (Å²) < 4.78 is 0. The van der Waals surface area contributed by atoms with Crippen molar-refractivity contribution in [1.82, 2.24) is 0 Å². The highest BCUT2D eigenvalue weighted by Gasteiger charge is 2.36. The molecule has 0 atom stereocenters. The molecule has 160 valence electrons. The third-order valence-corrected chi connectivity index (χ3v) is 7.16. The van der Waals surface area contributed by atoms with E-state index in [0.29, 0.717) is 0 Å². The van der Waals surface area contributed by atoms with E-state index in [4.69, 9.17) is 0 Å². The first-order chi connectivity index (χ1) is 16.0. The van der Waals surface area contributed by atoms with Crippen LogP contribution in [-0.2, 0) is 5.41 Å². The molecule has 0 unspecified atom stereocenters. The summed E-state index contributed by atoms with van der Waals surface area (Å²) in [6, 6.07) is 37.3. The van der Waals surface area contributed by atoms with Gasteiger partial charge in [0.1, 0.15) is 0 Å². The molecule has 0 radical (unpaired) electrons. The molecule has 6 rings (SSSR count). The average molecular weight is 426 g/mol. The summed E-state index contributed by atoms with van der Waals surface area (Å²) in [4.78, 5) is 0. The van der Waals surface area contributed by atoms with E-state index < -0.39 is 0 Å². The number of rotatable bonds is 3. The lowest BCUT2D eigenvalue weighted by atomic mass is 9.82. The van der Waals surface area contributed by atoms with Gasteiger partial charge in [0.15, 0.2) is 0 Å². The van der Waals surface area contributed by atoms with Gasteiger partial charge in [-0.15, -0.1) is 0 Å². The third-order valence-electron chi connectivity index (χ3n) is 7.16. The standard InChI is InChI=1S/C32H27N/c1-21-10-9-15-28-31(21)26-17-16-25(20-29(26)32(28,2)3)33-30-19-24-14-8-7-13-23(24)18-27(30)22-11-5-4-6-12-22/h4-20,33H,1-3H3. The number of nitrogens with one attached hydrogen (secondary N) is 1. The van der Waals surface area contributed by atoms with E-state index >= 15 is 0 Å². The minimum atomic E-state index is -0.0139. The van der Waals surface area contributed by atoms with E-state index in [1.807, 2.05) is 0 Å². The van der Waals surface area contributed by atoms with Gasteiger partial charge in [0.05, 0.1) is 0 Å². The molecule has 0 aliphatic heterocycles. The Morgan fingerprint density at radius 1 is 0.606 bits per heavy atom. The maximum Gasteiger partial charge on any atom is 0.0470 e. The molecular formula is C32H27N. The van der Waals surface area contributed by atoms with Crippen molar-refractivity contribution in [2.75, 3.05) is 5.32 Å². The molecule has 0 bridgehead atoms. The fourth-order valence-electron chi connectivity index (χ4n) is 5.40. The summed E-state index contributed by atoms with van der Waals surface area (Å²) in [5.41, 5.74) is 11.6. The van der Waals surface area contributed by atoms with Crippen LogP contribution < -0.4 is 5.32 Å². The molecule has 1 heteroatoms. The van der Waals surface area contributed by atoms with Crippen LogP contribution in [-0.4, -0.2) is 0 Å². The lowest BCUT2D eigenvalue weighted by Gasteiger charge is -2.22. The summed E-state index contributed by atoms with van der Waals surface area (Å²) in [6.45, 7) is 6.90. The summed E-state index contributed by atoms with van der Waals surface area (Å²) in [5, 5.41) is 6.26. The second-order valence-electron chi connectivity index (χ2n) is 9.62. The Morgan fingerprint density at radius 3 is 2.12 bits per heavy atom. The van der Waals surface area contributed by atoms with Gasteiger partial charge in [-0.1, -0.05) is 92.7 Å². The lowest BCUT2D eigenvalue weighted by molar-refractivity contribution is 0.660. The predicted molar refractivity (Wildman–Crippen MR) is 141 cm³/mol. The van der Waals surface area contributed by atoms with Gasteiger partial charge in [-0.25, -0.2) is 0 Å². The van der Waals surface area contributed by atoms with Crippen LogP contribution >= 0.6 is 0 Å². The van der Waals surface area contributed by atoms with E-state index in [0.717, 1.165) is 11.4 Å². The molecule has 0 aromatic heterocycles. The zero-order valence-corrected chi connectivity index (χ0v) is 19.3. The molecule has 0 saturated carbocycles. The Morgan fingerprint density at radius 2 is 1.33 bits per heavy atom. The van der Waals surface area contributed by atoms with Crippen LogP contribution in [0.25, 0.3) is 33.0 Å². The zero-order valence-electron chi connectivity index (χ0n) is 19.3. The van der Waals surface area contributed by atoms with Crippen LogP contribution in [0.3, 0.4) is 0 Å². The van der Waals surface area contributed by atoms with Crippen LogP contribution in [0.4, 0.5) is 11.4 Å². The van der Waals surface area contributed by atoms with Gasteiger partial charge < -0.3 is 5.32 Å². The normalized spacial score (nSPS) is 13.5. The maximum atomic E-state index is 3.77. The minimum absolute atomic E-state index is 0.0139. The number of benzene rings is 5. The Bertz CT molecular complexity index is 1510. The highest BCUT2D eigenvalue weighted by molar-refractivity contribution is 5.96. The lowest BCUT2D eigenvalue weighted by Crippen LogP contribution is -2.15. The van der Waals surface area contributed by atoms with Crippen molar-refractivity contribution >= 4 is 22.1 Å². The molecular weight excluding hydrogens is 398 g/mol. The molecule has 5 aromatic rings. The van der Waals surface area contributed by atoms with Gasteiger partial charge in [0, 0.05) is 22.4 Å². The first-order valence-electron chi connectivity index (χ1n) is 11.6. The van der Waals surface area contributed by atoms with E-state index in [9.17, 15) is 0 Å². The highest BCUT2D eigenvalue weighted by Crippen LogP contribution is 2.50. The van der Waals surface area contributed by atoms with Gasteiger partial charge in [0.2, 0.25) is 0 Å². The summed E-state index contributed by atoms with van der Waals surface area (Å²) in [7, 11) is 0. The van der Waals surface area contributed by atoms with E-state index in [1.54, 1.807) is 0 Å². The number of anilines is 2. The highest BCUT2D eigenvalue weighted by atomic mass is 14.9. The maximum absolute atomic E-state index is 3.77. The second kappa shape index (κ2) is 7.35. The van der Waals surface area contributed by atoms with Gasteiger partial charge in [0.25, 0.3) is 0 Å². The molecule has 0 amide bonds. The quantitative estimate of drug-likeness (QED) is 0.304. The van der Waals surface area contributed by atoms with Crippen LogP contribution in [0.1, 0.15) is 30.5 Å². The average Bonchev–Trinajstić information content (AvgIpc) is 3.07. The van der Waals surface area contributed by atoms with Gasteiger partial charge in [-0.3, -0.25) is 0 Å². The zero-order chi connectivity index (χ0) is 22.6. The van der Waals surface area contributed by atoms with Crippen molar-refractivity contribution < 1.29 is 0 Å². The summed E-state index contributed by atoms with van der Waals surface area (Å²) >= 11 is 0. The van der Waals surface area contributed by atoms with Gasteiger partial charge in [-0.2, -0.15) is 0 Å². The first kappa shape index (κ1) is 19.8. The van der Waals surface area contributed by atoms with Crippen LogP contribution in [0.15, 0.2) is 103 Å². The molecule has 1 N–H and O–H groups in total. The largest absolute Gasteiger partial charge is 0.355 e. The third kappa shape index (κ3) is 3.15. The Hall–Kier alpha value is -3.84. The van der Waals surface area contributed by atoms with E-state index in [1.165, 1.54) is 49.7 Å². The van der Waals surface area contributed by atoms with Crippen molar-refractivity contribution in [2.45, 2.75) is 26.2 Å². The fraction of sp³-hybridized carbons (Fsp3) is 0.125. The predicted octanol–water partition coefficient (Wildman–Crippen LogP) is 8.87.